The molecule has 0 aliphatic rings. The Bertz CT molecular complexity index is 1410. The number of para-hydroxylation sites is 1. The van der Waals surface area contributed by atoms with Gasteiger partial charge in [0.25, 0.3) is 5.91 Å². The third-order valence-electron chi connectivity index (χ3n) is 5.29. The Balaban J connectivity index is 1.62. The minimum Gasteiger partial charge on any atom is -0.495 e. The van der Waals surface area contributed by atoms with Crippen LogP contribution in [-0.4, -0.2) is 31.7 Å². The summed E-state index contributed by atoms with van der Waals surface area (Å²) in [4.78, 5) is 20.0. The molecular weight excluding hydrogens is 456 g/mol. The summed E-state index contributed by atoms with van der Waals surface area (Å²) in [5.41, 5.74) is 1.14. The van der Waals surface area contributed by atoms with Gasteiger partial charge in [-0.15, -0.1) is 0 Å². The van der Waals surface area contributed by atoms with Gasteiger partial charge >= 0.3 is 0 Å². The molecule has 0 aliphatic carbocycles. The minimum absolute atomic E-state index is 0.172. The van der Waals surface area contributed by atoms with Gasteiger partial charge in [0.05, 0.1) is 33.6 Å². The first-order chi connectivity index (χ1) is 16.6. The number of fused-ring (bicyclic) bond motifs is 2. The first-order valence-electron chi connectivity index (χ1n) is 10.6. The topological polar surface area (TPSA) is 87.2 Å². The number of aromatic nitrogens is 1. The van der Waals surface area contributed by atoms with Gasteiger partial charge in [-0.1, -0.05) is 23.5 Å². The van der Waals surface area contributed by atoms with Crippen molar-refractivity contribution < 1.29 is 27.8 Å². The summed E-state index contributed by atoms with van der Waals surface area (Å²) in [6.45, 7) is 2.56. The highest BCUT2D eigenvalue weighted by Crippen LogP contribution is 2.41. The van der Waals surface area contributed by atoms with E-state index in [-0.39, 0.29) is 18.2 Å². The van der Waals surface area contributed by atoms with E-state index in [0.29, 0.717) is 45.8 Å². The van der Waals surface area contributed by atoms with E-state index in [9.17, 15) is 4.79 Å². The summed E-state index contributed by atoms with van der Waals surface area (Å²) in [5, 5.41) is 1.24. The third-order valence-corrected chi connectivity index (χ3v) is 6.38. The fourth-order valence-electron chi connectivity index (χ4n) is 3.72. The predicted molar refractivity (Wildman–Crippen MR) is 129 cm³/mol. The molecule has 0 aliphatic heterocycles. The number of ether oxygens (including phenoxy) is 3. The second-order valence-corrected chi connectivity index (χ2v) is 8.31. The molecule has 0 spiro atoms. The number of amides is 1. The van der Waals surface area contributed by atoms with Crippen LogP contribution in [0.25, 0.3) is 21.2 Å². The van der Waals surface area contributed by atoms with Crippen molar-refractivity contribution in [3.63, 3.8) is 0 Å². The molecule has 0 radical (unpaired) electrons. The SMILES string of the molecule is CCOc1cccc2cc(C(=O)N(Cc3ccco3)c3nc4c(OC)ccc(OC)c4s3)oc12. The van der Waals surface area contributed by atoms with Gasteiger partial charge in [-0.3, -0.25) is 9.69 Å². The molecule has 0 bridgehead atoms. The summed E-state index contributed by atoms with van der Waals surface area (Å²) < 4.78 is 28.9. The second kappa shape index (κ2) is 9.11. The summed E-state index contributed by atoms with van der Waals surface area (Å²) in [6.07, 6.45) is 1.57. The summed E-state index contributed by atoms with van der Waals surface area (Å²) >= 11 is 1.33. The van der Waals surface area contributed by atoms with Crippen molar-refractivity contribution in [3.05, 3.63) is 66.3 Å². The molecule has 3 aromatic heterocycles. The molecule has 3 heterocycles. The second-order valence-electron chi connectivity index (χ2n) is 7.33. The smallest absolute Gasteiger partial charge is 0.296 e. The Hall–Kier alpha value is -3.98. The molecule has 2 aromatic carbocycles. The quantitative estimate of drug-likeness (QED) is 0.274. The minimum atomic E-state index is -0.355. The number of carbonyl (C=O) groups excluding carboxylic acids is 1. The first-order valence-corrected chi connectivity index (χ1v) is 11.5. The van der Waals surface area contributed by atoms with Crippen molar-refractivity contribution in [2.45, 2.75) is 13.5 Å². The molecule has 9 heteroatoms. The molecular formula is C25H22N2O6S. The maximum absolute atomic E-state index is 13.7. The number of benzene rings is 2. The van der Waals surface area contributed by atoms with Gasteiger partial charge in [0.1, 0.15) is 27.5 Å². The number of anilines is 1. The Morgan fingerprint density at radius 1 is 1.06 bits per heavy atom. The van der Waals surface area contributed by atoms with Crippen LogP contribution in [0.3, 0.4) is 0 Å². The van der Waals surface area contributed by atoms with Gasteiger partial charge in [-0.2, -0.15) is 0 Å². The zero-order valence-electron chi connectivity index (χ0n) is 18.9. The van der Waals surface area contributed by atoms with E-state index in [1.807, 2.05) is 31.2 Å². The summed E-state index contributed by atoms with van der Waals surface area (Å²) in [6, 6.07) is 14.5. The van der Waals surface area contributed by atoms with Crippen LogP contribution in [0.4, 0.5) is 5.13 Å². The van der Waals surface area contributed by atoms with Gasteiger partial charge in [-0.25, -0.2) is 4.98 Å². The Morgan fingerprint density at radius 2 is 1.88 bits per heavy atom. The number of hydrogen-bond donors (Lipinski definition) is 0. The average molecular weight is 479 g/mol. The maximum atomic E-state index is 13.7. The number of rotatable bonds is 8. The lowest BCUT2D eigenvalue weighted by atomic mass is 10.2. The molecule has 5 aromatic rings. The Morgan fingerprint density at radius 3 is 2.62 bits per heavy atom. The molecule has 174 valence electrons. The third kappa shape index (κ3) is 3.84. The van der Waals surface area contributed by atoms with E-state index < -0.39 is 0 Å². The monoisotopic (exact) mass is 478 g/mol. The lowest BCUT2D eigenvalue weighted by Crippen LogP contribution is -2.29. The molecule has 5 rings (SSSR count). The number of furan rings is 2. The average Bonchev–Trinajstić information content (AvgIpc) is 3.61. The van der Waals surface area contributed by atoms with Crippen LogP contribution in [0.2, 0.25) is 0 Å². The highest BCUT2D eigenvalue weighted by Gasteiger charge is 2.27. The van der Waals surface area contributed by atoms with Gasteiger partial charge in [0, 0.05) is 5.39 Å². The van der Waals surface area contributed by atoms with Crippen molar-refractivity contribution in [1.82, 2.24) is 4.98 Å². The van der Waals surface area contributed by atoms with Crippen molar-refractivity contribution in [2.75, 3.05) is 25.7 Å². The lowest BCUT2D eigenvalue weighted by molar-refractivity contribution is 0.0958. The van der Waals surface area contributed by atoms with Crippen LogP contribution in [-0.2, 0) is 6.54 Å². The predicted octanol–water partition coefficient (Wildman–Crippen LogP) is 5.90. The number of hydrogen-bond acceptors (Lipinski definition) is 8. The van der Waals surface area contributed by atoms with E-state index in [1.54, 1.807) is 44.7 Å². The van der Waals surface area contributed by atoms with E-state index in [0.717, 1.165) is 10.1 Å². The van der Waals surface area contributed by atoms with Crippen LogP contribution in [0.15, 0.2) is 63.6 Å². The highest BCUT2D eigenvalue weighted by atomic mass is 32.1. The van der Waals surface area contributed by atoms with Crippen LogP contribution in [0.1, 0.15) is 23.2 Å². The van der Waals surface area contributed by atoms with E-state index in [2.05, 4.69) is 0 Å². The Labute approximate surface area is 199 Å². The summed E-state index contributed by atoms with van der Waals surface area (Å²) in [5.74, 6) is 2.26. The van der Waals surface area contributed by atoms with Crippen LogP contribution in [0, 0.1) is 0 Å². The van der Waals surface area contributed by atoms with Crippen molar-refractivity contribution in [3.8, 4) is 17.2 Å². The maximum Gasteiger partial charge on any atom is 0.296 e. The fourth-order valence-corrected chi connectivity index (χ4v) is 4.79. The first kappa shape index (κ1) is 21.8. The normalized spacial score (nSPS) is 11.1. The zero-order chi connectivity index (χ0) is 23.7. The standard InChI is InChI=1S/C25H22N2O6S/c1-4-31-18-9-5-7-15-13-20(33-22(15)18)24(28)27(14-16-8-6-12-32-16)25-26-21-17(29-2)10-11-19(30-3)23(21)34-25/h5-13H,4,14H2,1-3H3. The van der Waals surface area contributed by atoms with Gasteiger partial charge in [-0.05, 0) is 43.3 Å². The molecule has 34 heavy (non-hydrogen) atoms. The van der Waals surface area contributed by atoms with E-state index in [1.165, 1.54) is 16.2 Å². The van der Waals surface area contributed by atoms with Crippen molar-refractivity contribution in [1.29, 1.82) is 0 Å². The van der Waals surface area contributed by atoms with Crippen molar-refractivity contribution >= 4 is 43.6 Å². The number of methoxy groups -OCH3 is 2. The lowest BCUT2D eigenvalue weighted by Gasteiger charge is -2.17. The molecule has 0 N–H and O–H groups in total. The molecule has 0 saturated heterocycles. The van der Waals surface area contributed by atoms with Crippen LogP contribution >= 0.6 is 11.3 Å². The molecule has 0 saturated carbocycles. The van der Waals surface area contributed by atoms with Crippen molar-refractivity contribution in [2.24, 2.45) is 0 Å². The highest BCUT2D eigenvalue weighted by molar-refractivity contribution is 7.22. The Kier molecular flexibility index (Phi) is 5.85. The molecule has 8 nitrogen and oxygen atoms in total. The largest absolute Gasteiger partial charge is 0.495 e. The van der Waals surface area contributed by atoms with E-state index in [4.69, 9.17) is 28.0 Å². The molecule has 1 amide bonds. The summed E-state index contributed by atoms with van der Waals surface area (Å²) in [7, 11) is 3.17. The van der Waals surface area contributed by atoms with Gasteiger partial charge < -0.3 is 23.0 Å². The fraction of sp³-hybridized carbons (Fsp3) is 0.200. The van der Waals surface area contributed by atoms with Crippen LogP contribution in [0.5, 0.6) is 17.2 Å². The number of carbonyl (C=O) groups is 1. The number of nitrogens with zero attached hydrogens (tertiary/aromatic N) is 2. The number of thiazole rings is 1. The molecule has 0 unspecified atom stereocenters. The van der Waals surface area contributed by atoms with Gasteiger partial charge in [0.2, 0.25) is 0 Å². The van der Waals surface area contributed by atoms with E-state index >= 15 is 0 Å². The zero-order valence-corrected chi connectivity index (χ0v) is 19.7. The molecule has 0 atom stereocenters. The molecule has 0 fully saturated rings. The van der Waals surface area contributed by atoms with Gasteiger partial charge in [0.15, 0.2) is 22.2 Å². The van der Waals surface area contributed by atoms with Crippen LogP contribution < -0.4 is 19.1 Å².